The summed E-state index contributed by atoms with van der Waals surface area (Å²) >= 11 is 6.28. The number of amides is 2. The summed E-state index contributed by atoms with van der Waals surface area (Å²) in [5, 5.41) is 12.8. The van der Waals surface area contributed by atoms with Gasteiger partial charge in [-0.2, -0.15) is 0 Å². The van der Waals surface area contributed by atoms with E-state index in [0.29, 0.717) is 18.0 Å². The van der Waals surface area contributed by atoms with Crippen LogP contribution in [0.25, 0.3) is 0 Å². The second kappa shape index (κ2) is 8.24. The average Bonchev–Trinajstić information content (AvgIpc) is 2.54. The number of alkyl halides is 1. The van der Waals surface area contributed by atoms with Crippen molar-refractivity contribution >= 4 is 17.6 Å². The number of hydrogen-bond acceptors (Lipinski definition) is 3. The van der Waals surface area contributed by atoms with Gasteiger partial charge < -0.3 is 10.6 Å². The van der Waals surface area contributed by atoms with Gasteiger partial charge in [0.2, 0.25) is 0 Å². The maximum absolute atomic E-state index is 12.4. The summed E-state index contributed by atoms with van der Waals surface area (Å²) in [6, 6.07) is 0.546. The van der Waals surface area contributed by atoms with Crippen LogP contribution in [0.15, 0.2) is 0 Å². The van der Waals surface area contributed by atoms with Crippen LogP contribution in [0.4, 0.5) is 4.79 Å². The number of rotatable bonds is 3. The van der Waals surface area contributed by atoms with Crippen molar-refractivity contribution in [1.29, 1.82) is 0 Å². The fourth-order valence-electron chi connectivity index (χ4n) is 4.71. The van der Waals surface area contributed by atoms with Crippen LogP contribution in [-0.2, 0) is 0 Å². The highest BCUT2D eigenvalue weighted by molar-refractivity contribution is 6.20. The summed E-state index contributed by atoms with van der Waals surface area (Å²) in [5.74, 6) is 2.22. The Morgan fingerprint density at radius 2 is 1.75 bits per heavy atom. The molecule has 0 radical (unpaired) electrons. The van der Waals surface area contributed by atoms with E-state index in [1.165, 1.54) is 32.1 Å². The molecule has 6 heteroatoms. The Kier molecular flexibility index (Phi) is 6.27. The quantitative estimate of drug-likeness (QED) is 0.464. The molecule has 6 unspecified atom stereocenters. The molecule has 1 saturated heterocycles. The SMILES string of the molecule is CC(C)C1CC(Cl)NC(NC(=O)NC2CCC3CCCCC3C2)N1. The smallest absolute Gasteiger partial charge is 0.317 e. The predicted molar refractivity (Wildman–Crippen MR) is 97.7 cm³/mol. The van der Waals surface area contributed by atoms with Crippen LogP contribution in [0.1, 0.15) is 65.2 Å². The molecular formula is C18H33ClN4O. The fourth-order valence-corrected chi connectivity index (χ4v) is 5.03. The van der Waals surface area contributed by atoms with Crippen molar-refractivity contribution in [2.75, 3.05) is 0 Å². The van der Waals surface area contributed by atoms with Crippen molar-refractivity contribution in [2.45, 2.75) is 89.1 Å². The van der Waals surface area contributed by atoms with Crippen molar-refractivity contribution in [1.82, 2.24) is 21.3 Å². The van der Waals surface area contributed by atoms with Crippen LogP contribution in [0, 0.1) is 17.8 Å². The van der Waals surface area contributed by atoms with E-state index >= 15 is 0 Å². The maximum Gasteiger partial charge on any atom is 0.317 e. The molecule has 138 valence electrons. The predicted octanol–water partition coefficient (Wildman–Crippen LogP) is 3.10. The molecule has 2 aliphatic carbocycles. The minimum Gasteiger partial charge on any atom is -0.335 e. The fraction of sp³-hybridized carbons (Fsp3) is 0.944. The zero-order valence-electron chi connectivity index (χ0n) is 15.0. The summed E-state index contributed by atoms with van der Waals surface area (Å²) in [6.07, 6.45) is 9.65. The van der Waals surface area contributed by atoms with Gasteiger partial charge in [-0.1, -0.05) is 39.5 Å². The normalized spacial score (nSPS) is 40.0. The lowest BCUT2D eigenvalue weighted by Gasteiger charge is -2.40. The third-order valence-corrected chi connectivity index (χ3v) is 6.45. The Hall–Kier alpha value is -0.520. The second-order valence-electron chi connectivity index (χ2n) is 8.25. The first kappa shape index (κ1) is 18.3. The molecule has 0 bridgehead atoms. The summed E-state index contributed by atoms with van der Waals surface area (Å²) < 4.78 is 0. The van der Waals surface area contributed by atoms with Gasteiger partial charge in [-0.25, -0.2) is 4.79 Å². The van der Waals surface area contributed by atoms with E-state index in [4.69, 9.17) is 11.6 Å². The van der Waals surface area contributed by atoms with Crippen LogP contribution in [-0.4, -0.2) is 29.9 Å². The first-order chi connectivity index (χ1) is 11.5. The molecule has 3 rings (SSSR count). The molecule has 2 saturated carbocycles. The molecule has 4 N–H and O–H groups in total. The first-order valence-electron chi connectivity index (χ1n) is 9.74. The summed E-state index contributed by atoms with van der Waals surface area (Å²) in [5.41, 5.74) is -0.110. The minimum atomic E-state index is -0.264. The molecule has 1 aliphatic heterocycles. The Morgan fingerprint density at radius 1 is 1.00 bits per heavy atom. The van der Waals surface area contributed by atoms with Gasteiger partial charge in [-0.3, -0.25) is 10.6 Å². The van der Waals surface area contributed by atoms with Crippen molar-refractivity contribution in [3.05, 3.63) is 0 Å². The molecular weight excluding hydrogens is 324 g/mol. The molecule has 6 atom stereocenters. The van der Waals surface area contributed by atoms with Gasteiger partial charge >= 0.3 is 6.03 Å². The molecule has 0 aromatic rings. The molecule has 3 fully saturated rings. The van der Waals surface area contributed by atoms with E-state index in [9.17, 15) is 4.79 Å². The average molecular weight is 357 g/mol. The van der Waals surface area contributed by atoms with Crippen LogP contribution in [0.3, 0.4) is 0 Å². The van der Waals surface area contributed by atoms with E-state index < -0.39 is 0 Å². The Morgan fingerprint density at radius 3 is 2.50 bits per heavy atom. The van der Waals surface area contributed by atoms with E-state index in [2.05, 4.69) is 35.1 Å². The van der Waals surface area contributed by atoms with Gasteiger partial charge in [0.15, 0.2) is 0 Å². The molecule has 0 spiro atoms. The van der Waals surface area contributed by atoms with E-state index in [-0.39, 0.29) is 17.8 Å². The maximum atomic E-state index is 12.4. The van der Waals surface area contributed by atoms with Crippen molar-refractivity contribution in [2.24, 2.45) is 17.8 Å². The van der Waals surface area contributed by atoms with E-state index in [1.54, 1.807) is 0 Å². The number of fused-ring (bicyclic) bond motifs is 1. The topological polar surface area (TPSA) is 65.2 Å². The van der Waals surface area contributed by atoms with Crippen molar-refractivity contribution < 1.29 is 4.79 Å². The molecule has 0 aromatic carbocycles. The van der Waals surface area contributed by atoms with E-state index in [1.807, 2.05) is 0 Å². The lowest BCUT2D eigenvalue weighted by molar-refractivity contribution is 0.142. The third-order valence-electron chi connectivity index (χ3n) is 6.14. The molecule has 3 aliphatic rings. The van der Waals surface area contributed by atoms with Crippen molar-refractivity contribution in [3.63, 3.8) is 0 Å². The highest BCUT2D eigenvalue weighted by Crippen LogP contribution is 2.40. The Bertz CT molecular complexity index is 433. The number of urea groups is 1. The minimum absolute atomic E-state index is 0.0902. The zero-order valence-corrected chi connectivity index (χ0v) is 15.7. The monoisotopic (exact) mass is 356 g/mol. The van der Waals surface area contributed by atoms with Crippen LogP contribution in [0.2, 0.25) is 0 Å². The number of carbonyl (C=O) groups excluding carboxylic acids is 1. The molecule has 0 aromatic heterocycles. The number of hydrogen-bond donors (Lipinski definition) is 4. The Labute approximate surface area is 151 Å². The Balaban J connectivity index is 1.45. The van der Waals surface area contributed by atoms with Gasteiger partial charge in [0.05, 0.1) is 5.50 Å². The highest BCUT2D eigenvalue weighted by atomic mass is 35.5. The lowest BCUT2D eigenvalue weighted by atomic mass is 9.69. The van der Waals surface area contributed by atoms with Gasteiger partial charge in [0.25, 0.3) is 0 Å². The van der Waals surface area contributed by atoms with Gasteiger partial charge in [0.1, 0.15) is 6.29 Å². The van der Waals surface area contributed by atoms with E-state index in [0.717, 1.165) is 31.1 Å². The highest BCUT2D eigenvalue weighted by Gasteiger charge is 2.33. The lowest BCUT2D eigenvalue weighted by Crippen LogP contribution is -2.66. The second-order valence-corrected chi connectivity index (χ2v) is 8.78. The number of halogens is 1. The zero-order chi connectivity index (χ0) is 17.1. The number of carbonyl (C=O) groups is 1. The van der Waals surface area contributed by atoms with Gasteiger partial charge in [-0.15, -0.1) is 11.6 Å². The molecule has 2 amide bonds. The number of nitrogens with one attached hydrogen (secondary N) is 4. The summed E-state index contributed by atoms with van der Waals surface area (Å²) in [4.78, 5) is 12.4. The molecule has 5 nitrogen and oxygen atoms in total. The van der Waals surface area contributed by atoms with Crippen molar-refractivity contribution in [3.8, 4) is 0 Å². The van der Waals surface area contributed by atoms with Crippen LogP contribution >= 0.6 is 11.6 Å². The molecule has 24 heavy (non-hydrogen) atoms. The summed E-state index contributed by atoms with van der Waals surface area (Å²) in [7, 11) is 0. The van der Waals surface area contributed by atoms with Crippen LogP contribution in [0.5, 0.6) is 0 Å². The summed E-state index contributed by atoms with van der Waals surface area (Å²) in [6.45, 7) is 4.35. The standard InChI is InChI=1S/C18H33ClN4O/c1-11(2)15-10-16(19)22-17(21-15)23-18(24)20-14-8-7-12-5-3-4-6-13(12)9-14/h11-17,21-22H,3-10H2,1-2H3,(H2,20,23,24). The molecule has 1 heterocycles. The first-order valence-corrected chi connectivity index (χ1v) is 10.2. The third kappa shape index (κ3) is 4.77. The van der Waals surface area contributed by atoms with Crippen LogP contribution < -0.4 is 21.3 Å². The van der Waals surface area contributed by atoms with Gasteiger partial charge in [-0.05, 0) is 43.4 Å². The van der Waals surface area contributed by atoms with Gasteiger partial charge in [0, 0.05) is 12.1 Å². The largest absolute Gasteiger partial charge is 0.335 e.